The lowest BCUT2D eigenvalue weighted by Crippen LogP contribution is -2.51. The van der Waals surface area contributed by atoms with E-state index in [4.69, 9.17) is 5.26 Å². The van der Waals surface area contributed by atoms with Crippen molar-refractivity contribution in [2.75, 3.05) is 37.8 Å². The van der Waals surface area contributed by atoms with Crippen LogP contribution in [0.25, 0.3) is 0 Å². The second kappa shape index (κ2) is 12.5. The maximum atomic E-state index is 13.6. The standard InChI is InChI=1S/C29H35F3N4O4S/c1-41(39,40)36-14-12-35(13-15-36)20-22-7-5-6-21(16-22)18-28(38,24-8-3-2-4-9-24)27(37)34-25-11-10-23(19-33)26(17-25)29(30,31)32/h5-7,10-11,16-17,24,38H,2-4,8-9,12-15,18,20H2,1H3,(H,34,37)/t28-/m1/s1. The van der Waals surface area contributed by atoms with Gasteiger partial charge in [-0.2, -0.15) is 22.7 Å². The molecule has 2 aromatic carbocycles. The first-order chi connectivity index (χ1) is 19.3. The summed E-state index contributed by atoms with van der Waals surface area (Å²) in [6.07, 6.45) is 0.326. The van der Waals surface area contributed by atoms with Crippen LogP contribution >= 0.6 is 0 Å². The van der Waals surface area contributed by atoms with Gasteiger partial charge >= 0.3 is 6.18 Å². The summed E-state index contributed by atoms with van der Waals surface area (Å²) in [4.78, 5) is 15.7. The van der Waals surface area contributed by atoms with Crippen LogP contribution < -0.4 is 5.32 Å². The molecule has 2 fully saturated rings. The highest BCUT2D eigenvalue weighted by molar-refractivity contribution is 7.88. The molecule has 1 heterocycles. The van der Waals surface area contributed by atoms with Gasteiger partial charge in [-0.3, -0.25) is 9.69 Å². The summed E-state index contributed by atoms with van der Waals surface area (Å²) in [5.41, 5.74) is -2.03. The number of alkyl halides is 3. The van der Waals surface area contributed by atoms with Gasteiger partial charge in [0.15, 0.2) is 0 Å². The zero-order valence-corrected chi connectivity index (χ0v) is 23.8. The van der Waals surface area contributed by atoms with Crippen LogP contribution in [0.3, 0.4) is 0 Å². The number of nitriles is 1. The minimum absolute atomic E-state index is 0.0123. The number of halogens is 3. The third-order valence-electron chi connectivity index (χ3n) is 8.05. The average molecular weight is 593 g/mol. The number of amides is 1. The summed E-state index contributed by atoms with van der Waals surface area (Å²) in [7, 11) is -3.23. The molecule has 4 rings (SSSR count). The number of aliphatic hydroxyl groups is 1. The first kappa shape index (κ1) is 31.0. The van der Waals surface area contributed by atoms with Crippen LogP contribution in [-0.2, 0) is 34.0 Å². The predicted octanol–water partition coefficient (Wildman–Crippen LogP) is 4.15. The van der Waals surface area contributed by atoms with Crippen molar-refractivity contribution < 1.29 is 31.5 Å². The van der Waals surface area contributed by atoms with E-state index >= 15 is 0 Å². The van der Waals surface area contributed by atoms with Crippen molar-refractivity contribution in [2.45, 2.75) is 56.8 Å². The van der Waals surface area contributed by atoms with E-state index in [2.05, 4.69) is 10.2 Å². The van der Waals surface area contributed by atoms with E-state index in [1.165, 1.54) is 22.7 Å². The Kier molecular flexibility index (Phi) is 9.43. The monoisotopic (exact) mass is 592 g/mol. The predicted molar refractivity (Wildman–Crippen MR) is 148 cm³/mol. The van der Waals surface area contributed by atoms with Gasteiger partial charge in [0, 0.05) is 44.8 Å². The van der Waals surface area contributed by atoms with Crippen LogP contribution in [0.4, 0.5) is 18.9 Å². The maximum Gasteiger partial charge on any atom is 0.417 e. The third kappa shape index (κ3) is 7.65. The van der Waals surface area contributed by atoms with Gasteiger partial charge in [0.1, 0.15) is 5.60 Å². The molecule has 222 valence electrons. The lowest BCUT2D eigenvalue weighted by atomic mass is 9.73. The molecule has 8 nitrogen and oxygen atoms in total. The lowest BCUT2D eigenvalue weighted by molar-refractivity contribution is -0.142. The highest BCUT2D eigenvalue weighted by Gasteiger charge is 2.44. The molecule has 1 aliphatic heterocycles. The summed E-state index contributed by atoms with van der Waals surface area (Å²) >= 11 is 0. The van der Waals surface area contributed by atoms with Gasteiger partial charge in [0.25, 0.3) is 5.91 Å². The Morgan fingerprint density at radius 1 is 1.05 bits per heavy atom. The van der Waals surface area contributed by atoms with E-state index in [1.807, 2.05) is 24.3 Å². The van der Waals surface area contributed by atoms with Crippen LogP contribution in [0, 0.1) is 17.2 Å². The average Bonchev–Trinajstić information content (AvgIpc) is 2.93. The Balaban J connectivity index is 1.53. The van der Waals surface area contributed by atoms with Gasteiger partial charge in [0.05, 0.1) is 23.5 Å². The number of benzene rings is 2. The molecule has 1 saturated carbocycles. The Morgan fingerprint density at radius 3 is 2.32 bits per heavy atom. The third-order valence-corrected chi connectivity index (χ3v) is 9.35. The summed E-state index contributed by atoms with van der Waals surface area (Å²) in [6, 6.07) is 12.0. The van der Waals surface area contributed by atoms with Crippen molar-refractivity contribution in [1.82, 2.24) is 9.21 Å². The van der Waals surface area contributed by atoms with E-state index in [9.17, 15) is 31.5 Å². The van der Waals surface area contributed by atoms with Crippen molar-refractivity contribution in [3.8, 4) is 6.07 Å². The number of nitrogens with one attached hydrogen (secondary N) is 1. The molecular formula is C29H35F3N4O4S. The second-order valence-electron chi connectivity index (χ2n) is 11.0. The highest BCUT2D eigenvalue weighted by atomic mass is 32.2. The number of hydrogen-bond acceptors (Lipinski definition) is 6. The fraction of sp³-hybridized carbons (Fsp3) is 0.517. The van der Waals surface area contributed by atoms with Crippen LogP contribution in [0.15, 0.2) is 42.5 Å². The smallest absolute Gasteiger partial charge is 0.379 e. The van der Waals surface area contributed by atoms with Crippen LogP contribution in [0.1, 0.15) is 54.4 Å². The van der Waals surface area contributed by atoms with E-state index < -0.39 is 38.8 Å². The topological polar surface area (TPSA) is 114 Å². The molecule has 41 heavy (non-hydrogen) atoms. The molecule has 12 heteroatoms. The molecule has 1 atom stereocenters. The fourth-order valence-electron chi connectivity index (χ4n) is 5.81. The molecule has 2 aliphatic rings. The number of sulfonamides is 1. The first-order valence-electron chi connectivity index (χ1n) is 13.7. The van der Waals surface area contributed by atoms with Gasteiger partial charge in [-0.05, 0) is 48.1 Å². The Morgan fingerprint density at radius 2 is 1.71 bits per heavy atom. The van der Waals surface area contributed by atoms with Gasteiger partial charge < -0.3 is 10.4 Å². The Hall–Kier alpha value is -2.98. The van der Waals surface area contributed by atoms with Crippen molar-refractivity contribution in [3.63, 3.8) is 0 Å². The number of anilines is 1. The summed E-state index contributed by atoms with van der Waals surface area (Å²) in [6.45, 7) is 2.55. The molecule has 1 amide bonds. The number of nitrogens with zero attached hydrogens (tertiary/aromatic N) is 3. The fourth-order valence-corrected chi connectivity index (χ4v) is 6.64. The molecule has 0 radical (unpaired) electrons. The quantitative estimate of drug-likeness (QED) is 0.476. The first-order valence-corrected chi connectivity index (χ1v) is 15.5. The molecule has 0 spiro atoms. The molecule has 1 saturated heterocycles. The van der Waals surface area contributed by atoms with Crippen LogP contribution in [0.5, 0.6) is 0 Å². The number of carbonyl (C=O) groups is 1. The molecule has 0 bridgehead atoms. The Bertz CT molecular complexity index is 1400. The largest absolute Gasteiger partial charge is 0.417 e. The minimum Gasteiger partial charge on any atom is -0.379 e. The van der Waals surface area contributed by atoms with E-state index in [-0.39, 0.29) is 18.0 Å². The number of carbonyl (C=O) groups excluding carboxylic acids is 1. The molecule has 0 unspecified atom stereocenters. The molecule has 2 N–H and O–H groups in total. The van der Waals surface area contributed by atoms with E-state index in [1.54, 1.807) is 0 Å². The zero-order chi connectivity index (χ0) is 29.8. The summed E-state index contributed by atoms with van der Waals surface area (Å²) < 4.78 is 65.6. The van der Waals surface area contributed by atoms with Crippen molar-refractivity contribution in [1.29, 1.82) is 5.26 Å². The SMILES string of the molecule is CS(=O)(=O)N1CCN(Cc2cccc(C[C@](O)(C(=O)Nc3ccc(C#N)c(C(F)(F)F)c3)C3CCCCC3)c2)CC1. The molecule has 2 aromatic rings. The Labute approximate surface area is 238 Å². The van der Waals surface area contributed by atoms with Crippen molar-refractivity contribution in [3.05, 3.63) is 64.7 Å². The molecular weight excluding hydrogens is 557 g/mol. The summed E-state index contributed by atoms with van der Waals surface area (Å²) in [5, 5.41) is 23.5. The maximum absolute atomic E-state index is 13.6. The zero-order valence-electron chi connectivity index (χ0n) is 23.0. The lowest BCUT2D eigenvalue weighted by Gasteiger charge is -2.37. The van der Waals surface area contributed by atoms with Gasteiger partial charge in [-0.15, -0.1) is 0 Å². The van der Waals surface area contributed by atoms with E-state index in [0.717, 1.165) is 42.5 Å². The molecule has 0 aromatic heterocycles. The highest BCUT2D eigenvalue weighted by Crippen LogP contribution is 2.37. The second-order valence-corrected chi connectivity index (χ2v) is 13.0. The van der Waals surface area contributed by atoms with Crippen molar-refractivity contribution >= 4 is 21.6 Å². The minimum atomic E-state index is -4.77. The molecule has 1 aliphatic carbocycles. The summed E-state index contributed by atoms with van der Waals surface area (Å²) in [5.74, 6) is -1.14. The normalized spacial score (nSPS) is 19.3. The van der Waals surface area contributed by atoms with Crippen LogP contribution in [-0.4, -0.2) is 66.7 Å². The number of piperazine rings is 1. The van der Waals surface area contributed by atoms with Gasteiger partial charge in [0.2, 0.25) is 10.0 Å². The van der Waals surface area contributed by atoms with Gasteiger partial charge in [-0.1, -0.05) is 43.5 Å². The van der Waals surface area contributed by atoms with Crippen LogP contribution in [0.2, 0.25) is 0 Å². The van der Waals surface area contributed by atoms with Gasteiger partial charge in [-0.25, -0.2) is 8.42 Å². The van der Waals surface area contributed by atoms with E-state index in [0.29, 0.717) is 45.6 Å². The number of rotatable bonds is 8. The van der Waals surface area contributed by atoms with Crippen molar-refractivity contribution in [2.24, 2.45) is 5.92 Å². The number of hydrogen-bond donors (Lipinski definition) is 2.